The third kappa shape index (κ3) is 1.23. The summed E-state index contributed by atoms with van der Waals surface area (Å²) in [6.45, 7) is 0. The Morgan fingerprint density at radius 3 is 2.93 bits per heavy atom. The van der Waals surface area contributed by atoms with Crippen LogP contribution >= 0.6 is 11.3 Å². The first-order chi connectivity index (χ1) is 6.58. The van der Waals surface area contributed by atoms with Gasteiger partial charge in [-0.1, -0.05) is 11.3 Å². The number of fused-ring (bicyclic) bond motifs is 1. The average Bonchev–Trinajstić information content (AvgIpc) is 1.99. The fourth-order valence-electron chi connectivity index (χ4n) is 1.01. The molecule has 0 saturated carbocycles. The molecule has 2 heterocycles. The first-order valence-electron chi connectivity index (χ1n) is 3.51. The van der Waals surface area contributed by atoms with Crippen LogP contribution in [0.4, 0.5) is 5.13 Å². The summed E-state index contributed by atoms with van der Waals surface area (Å²) in [4.78, 5) is 25.8. The van der Waals surface area contributed by atoms with Crippen molar-refractivity contribution in [2.24, 2.45) is 0 Å². The molecule has 0 fully saturated rings. The summed E-state index contributed by atoms with van der Waals surface area (Å²) in [7, 11) is 0. The molecule has 14 heavy (non-hydrogen) atoms. The van der Waals surface area contributed by atoms with Crippen molar-refractivity contribution in [3.8, 4) is 5.75 Å². The van der Waals surface area contributed by atoms with Gasteiger partial charge in [0, 0.05) is 0 Å². The van der Waals surface area contributed by atoms with Gasteiger partial charge in [-0.05, 0) is 0 Å². The van der Waals surface area contributed by atoms with E-state index in [2.05, 4.69) is 9.40 Å². The van der Waals surface area contributed by atoms with Crippen molar-refractivity contribution in [3.05, 3.63) is 26.0 Å². The van der Waals surface area contributed by atoms with Gasteiger partial charge in [-0.25, -0.2) is 4.79 Å². The molecule has 0 radical (unpaired) electrons. The lowest BCUT2D eigenvalue weighted by Gasteiger charge is -1.96. The van der Waals surface area contributed by atoms with E-state index in [1.54, 1.807) is 0 Å². The van der Waals surface area contributed by atoms with Gasteiger partial charge in [-0.3, -0.25) is 4.79 Å². The third-order valence-electron chi connectivity index (χ3n) is 1.53. The normalized spacial score (nSPS) is 10.6. The summed E-state index contributed by atoms with van der Waals surface area (Å²) in [6, 6.07) is 0.814. The van der Waals surface area contributed by atoms with Gasteiger partial charge in [0.15, 0.2) is 5.13 Å². The number of rotatable bonds is 0. The predicted octanol–water partition coefficient (Wildman–Crippen LogP) is -0.102. The van der Waals surface area contributed by atoms with Crippen molar-refractivity contribution in [2.45, 2.75) is 0 Å². The van der Waals surface area contributed by atoms with E-state index in [-0.39, 0.29) is 16.2 Å². The van der Waals surface area contributed by atoms with Gasteiger partial charge in [-0.2, -0.15) is 4.98 Å². The Balaban J connectivity index is 3.10. The number of hydrogen-bond acceptors (Lipinski definition) is 7. The predicted molar refractivity (Wildman–Crippen MR) is 50.5 cm³/mol. The smallest absolute Gasteiger partial charge is 0.341 e. The van der Waals surface area contributed by atoms with E-state index in [1.807, 2.05) is 0 Å². The van der Waals surface area contributed by atoms with Crippen molar-refractivity contribution in [2.75, 3.05) is 5.73 Å². The molecule has 7 heteroatoms. The van der Waals surface area contributed by atoms with Crippen molar-refractivity contribution in [1.82, 2.24) is 4.98 Å². The molecule has 3 N–H and O–H groups in total. The van der Waals surface area contributed by atoms with Crippen LogP contribution in [0.1, 0.15) is 0 Å². The zero-order chi connectivity index (χ0) is 10.3. The Kier molecular flexibility index (Phi) is 1.74. The van der Waals surface area contributed by atoms with Crippen LogP contribution < -0.4 is 16.1 Å². The zero-order valence-corrected chi connectivity index (χ0v) is 7.50. The van der Waals surface area contributed by atoms with E-state index in [0.717, 1.165) is 6.07 Å². The van der Waals surface area contributed by atoms with Gasteiger partial charge in [0.05, 0.1) is 6.07 Å². The van der Waals surface area contributed by atoms with Crippen LogP contribution in [-0.4, -0.2) is 10.1 Å². The monoisotopic (exact) mass is 212 g/mol. The average molecular weight is 212 g/mol. The van der Waals surface area contributed by atoms with E-state index in [1.165, 1.54) is 0 Å². The lowest BCUT2D eigenvalue weighted by atomic mass is 10.3. The summed E-state index contributed by atoms with van der Waals surface area (Å²) >= 11 is 0.671. The molecular weight excluding hydrogens is 208 g/mol. The lowest BCUT2D eigenvalue weighted by molar-refractivity contribution is 0.466. The molecule has 0 aliphatic carbocycles. The summed E-state index contributed by atoms with van der Waals surface area (Å²) < 4.78 is 4.11. The molecule has 0 amide bonds. The molecule has 0 bridgehead atoms. The Morgan fingerprint density at radius 2 is 2.21 bits per heavy atom. The number of hydrogen-bond donors (Lipinski definition) is 2. The highest BCUT2D eigenvalue weighted by Crippen LogP contribution is 2.19. The van der Waals surface area contributed by atoms with E-state index >= 15 is 0 Å². The first-order valence-corrected chi connectivity index (χ1v) is 4.33. The molecule has 0 unspecified atom stereocenters. The standard InChI is InChI=1S/C7H4N2O4S/c8-7-9-5-4(6(12)14-7)2(10)1-3(11)13-5/h1,10H,(H2,8,9). The molecule has 0 aliphatic rings. The first kappa shape index (κ1) is 8.70. The minimum atomic E-state index is -0.780. The summed E-state index contributed by atoms with van der Waals surface area (Å²) in [5.41, 5.74) is 4.27. The second-order valence-corrected chi connectivity index (χ2v) is 3.46. The van der Waals surface area contributed by atoms with Gasteiger partial charge >= 0.3 is 5.63 Å². The largest absolute Gasteiger partial charge is 0.507 e. The second-order valence-electron chi connectivity index (χ2n) is 2.47. The molecule has 2 rings (SSSR count). The van der Waals surface area contributed by atoms with Gasteiger partial charge in [-0.15, -0.1) is 0 Å². The Labute approximate surface area is 80.2 Å². The van der Waals surface area contributed by atoms with Crippen LogP contribution in [0.2, 0.25) is 0 Å². The summed E-state index contributed by atoms with van der Waals surface area (Å²) in [5.74, 6) is -0.440. The molecule has 0 atom stereocenters. The Morgan fingerprint density at radius 1 is 1.50 bits per heavy atom. The second kappa shape index (κ2) is 2.81. The number of anilines is 1. The molecule has 0 aromatic carbocycles. The SMILES string of the molecule is Nc1nc2oc(=O)cc(O)c2c(=O)s1. The molecule has 2 aromatic rings. The van der Waals surface area contributed by atoms with Crippen molar-refractivity contribution >= 4 is 27.6 Å². The highest BCUT2D eigenvalue weighted by atomic mass is 32.1. The highest BCUT2D eigenvalue weighted by molar-refractivity contribution is 7.13. The maximum Gasteiger partial charge on any atom is 0.341 e. The van der Waals surface area contributed by atoms with Crippen LogP contribution in [0.25, 0.3) is 11.1 Å². The molecule has 0 spiro atoms. The van der Waals surface area contributed by atoms with Gasteiger partial charge in [0.1, 0.15) is 11.1 Å². The molecular formula is C7H4N2O4S. The molecule has 0 saturated heterocycles. The van der Waals surface area contributed by atoms with E-state index < -0.39 is 16.1 Å². The van der Waals surface area contributed by atoms with E-state index in [0.29, 0.717) is 11.3 Å². The summed E-state index contributed by atoms with van der Waals surface area (Å²) in [6.07, 6.45) is 0. The van der Waals surface area contributed by atoms with Crippen LogP contribution in [-0.2, 0) is 0 Å². The van der Waals surface area contributed by atoms with Crippen molar-refractivity contribution in [1.29, 1.82) is 0 Å². The topological polar surface area (TPSA) is 106 Å². The van der Waals surface area contributed by atoms with E-state index in [4.69, 9.17) is 5.73 Å². The van der Waals surface area contributed by atoms with Gasteiger partial charge in [0.2, 0.25) is 5.71 Å². The minimum absolute atomic E-state index is 0.0174. The number of nitrogens with zero attached hydrogens (tertiary/aromatic N) is 1. The molecule has 2 aromatic heterocycles. The van der Waals surface area contributed by atoms with Crippen LogP contribution in [0.3, 0.4) is 0 Å². The molecule has 72 valence electrons. The fourth-order valence-corrected chi connectivity index (χ4v) is 1.62. The number of nitrogens with two attached hydrogens (primary N) is 1. The number of aromatic nitrogens is 1. The van der Waals surface area contributed by atoms with Crippen molar-refractivity contribution < 1.29 is 9.52 Å². The van der Waals surface area contributed by atoms with Crippen LogP contribution in [0.15, 0.2) is 20.1 Å². The van der Waals surface area contributed by atoms with Crippen LogP contribution in [0, 0.1) is 0 Å². The zero-order valence-electron chi connectivity index (χ0n) is 6.68. The van der Waals surface area contributed by atoms with Gasteiger partial charge in [0.25, 0.3) is 4.74 Å². The maximum absolute atomic E-state index is 11.3. The number of nitrogen functional groups attached to an aromatic ring is 1. The Bertz CT molecular complexity index is 615. The quantitative estimate of drug-likeness (QED) is 0.631. The Hall–Kier alpha value is -1.89. The minimum Gasteiger partial charge on any atom is -0.507 e. The van der Waals surface area contributed by atoms with Crippen molar-refractivity contribution in [3.63, 3.8) is 0 Å². The van der Waals surface area contributed by atoms with Gasteiger partial charge < -0.3 is 15.3 Å². The maximum atomic E-state index is 11.3. The van der Waals surface area contributed by atoms with Crippen LogP contribution in [0.5, 0.6) is 5.75 Å². The fraction of sp³-hybridized carbons (Fsp3) is 0. The molecule has 0 aliphatic heterocycles. The lowest BCUT2D eigenvalue weighted by Crippen LogP contribution is -2.05. The third-order valence-corrected chi connectivity index (χ3v) is 2.22. The summed E-state index contributed by atoms with van der Waals surface area (Å²) in [5, 5.41) is 9.15. The number of aromatic hydroxyl groups is 1. The highest BCUT2D eigenvalue weighted by Gasteiger charge is 2.10. The molecule has 6 nitrogen and oxygen atoms in total. The van der Waals surface area contributed by atoms with E-state index in [9.17, 15) is 14.7 Å².